The van der Waals surface area contributed by atoms with Crippen LogP contribution in [0.15, 0.2) is 16.8 Å². The lowest BCUT2D eigenvalue weighted by atomic mass is 9.87. The fraction of sp³-hybridized carbons (Fsp3) is 0.588. The van der Waals surface area contributed by atoms with Crippen LogP contribution >= 0.6 is 11.3 Å². The molecule has 0 radical (unpaired) electrons. The normalized spacial score (nSPS) is 17.7. The van der Waals surface area contributed by atoms with E-state index in [9.17, 15) is 14.9 Å². The van der Waals surface area contributed by atoms with Crippen LogP contribution < -0.4 is 10.6 Å². The van der Waals surface area contributed by atoms with Gasteiger partial charge in [-0.15, -0.1) is 0 Å². The number of hydrogen-bond acceptors (Lipinski definition) is 4. The molecular weight excluding hydrogens is 310 g/mol. The molecule has 1 aromatic rings. The summed E-state index contributed by atoms with van der Waals surface area (Å²) in [6, 6.07) is 2.57. The maximum Gasteiger partial charge on any atom is 0.243 e. The van der Waals surface area contributed by atoms with E-state index in [1.165, 1.54) is 30.6 Å². The zero-order valence-corrected chi connectivity index (χ0v) is 14.2. The van der Waals surface area contributed by atoms with Crippen LogP contribution in [0.25, 0.3) is 0 Å². The first-order valence-corrected chi connectivity index (χ1v) is 9.06. The quantitative estimate of drug-likeness (QED) is 0.840. The van der Waals surface area contributed by atoms with Crippen LogP contribution in [0.3, 0.4) is 0 Å². The third kappa shape index (κ3) is 5.36. The molecule has 5 nitrogen and oxygen atoms in total. The van der Waals surface area contributed by atoms with Crippen LogP contribution in [-0.4, -0.2) is 17.9 Å². The lowest BCUT2D eigenvalue weighted by Gasteiger charge is -2.22. The molecule has 0 aliphatic heterocycles. The second-order valence-electron chi connectivity index (χ2n) is 6.12. The Bertz CT molecular complexity index is 559. The number of nitrogens with zero attached hydrogens (tertiary/aromatic N) is 1. The molecule has 124 valence electrons. The molecule has 2 unspecified atom stereocenters. The topological polar surface area (TPSA) is 82.0 Å². The summed E-state index contributed by atoms with van der Waals surface area (Å²) in [4.78, 5) is 24.2. The fourth-order valence-electron chi connectivity index (χ4n) is 2.92. The van der Waals surface area contributed by atoms with E-state index in [2.05, 4.69) is 16.7 Å². The number of hydrogen-bond donors (Lipinski definition) is 2. The van der Waals surface area contributed by atoms with Crippen molar-refractivity contribution in [3.05, 3.63) is 22.4 Å². The molecule has 0 spiro atoms. The Balaban J connectivity index is 1.79. The van der Waals surface area contributed by atoms with Crippen LogP contribution in [0, 0.1) is 17.2 Å². The average Bonchev–Trinajstić information content (AvgIpc) is 3.07. The molecule has 2 atom stereocenters. The molecule has 1 heterocycles. The van der Waals surface area contributed by atoms with Gasteiger partial charge >= 0.3 is 0 Å². The van der Waals surface area contributed by atoms with E-state index in [0.717, 1.165) is 18.4 Å². The summed E-state index contributed by atoms with van der Waals surface area (Å²) in [7, 11) is 0. The van der Waals surface area contributed by atoms with Gasteiger partial charge < -0.3 is 10.6 Å². The zero-order chi connectivity index (χ0) is 16.7. The molecule has 23 heavy (non-hydrogen) atoms. The van der Waals surface area contributed by atoms with Crippen molar-refractivity contribution in [2.75, 3.05) is 0 Å². The third-order valence-corrected chi connectivity index (χ3v) is 4.96. The summed E-state index contributed by atoms with van der Waals surface area (Å²) in [6.07, 6.45) is 6.33. The molecule has 0 aromatic carbocycles. The van der Waals surface area contributed by atoms with Gasteiger partial charge in [0, 0.05) is 6.42 Å². The van der Waals surface area contributed by atoms with E-state index in [4.69, 9.17) is 0 Å². The Morgan fingerprint density at radius 1 is 1.35 bits per heavy atom. The maximum atomic E-state index is 12.2. The highest BCUT2D eigenvalue weighted by Crippen LogP contribution is 2.26. The number of nitriles is 1. The standard InChI is InChI=1S/C17H23N3O2S/c1-12(19-16(21)9-13-5-3-2-4-6-13)17(22)20-15(10-18)14-7-8-23-11-14/h7-8,11-13,15H,2-6,9H2,1H3,(H,19,21)(H,20,22). The molecule has 0 bridgehead atoms. The van der Waals surface area contributed by atoms with Gasteiger partial charge in [-0.05, 0) is 48.1 Å². The first kappa shape index (κ1) is 17.5. The van der Waals surface area contributed by atoms with Crippen LogP contribution in [0.1, 0.15) is 57.1 Å². The maximum absolute atomic E-state index is 12.2. The summed E-state index contributed by atoms with van der Waals surface area (Å²) >= 11 is 1.48. The van der Waals surface area contributed by atoms with Crippen molar-refractivity contribution in [2.45, 2.75) is 57.5 Å². The molecule has 1 aliphatic carbocycles. The van der Waals surface area contributed by atoms with E-state index < -0.39 is 12.1 Å². The Morgan fingerprint density at radius 2 is 2.09 bits per heavy atom. The molecule has 2 rings (SSSR count). The Morgan fingerprint density at radius 3 is 2.70 bits per heavy atom. The predicted molar refractivity (Wildman–Crippen MR) is 89.6 cm³/mol. The van der Waals surface area contributed by atoms with Crippen molar-refractivity contribution >= 4 is 23.2 Å². The van der Waals surface area contributed by atoms with E-state index in [0.29, 0.717) is 12.3 Å². The Hall–Kier alpha value is -1.87. The van der Waals surface area contributed by atoms with Gasteiger partial charge in [-0.1, -0.05) is 19.3 Å². The van der Waals surface area contributed by atoms with Gasteiger partial charge in [0.15, 0.2) is 0 Å². The second-order valence-corrected chi connectivity index (χ2v) is 6.90. The first-order valence-electron chi connectivity index (χ1n) is 8.11. The molecule has 2 N–H and O–H groups in total. The molecule has 0 saturated heterocycles. The van der Waals surface area contributed by atoms with Crippen LogP contribution in [-0.2, 0) is 9.59 Å². The van der Waals surface area contributed by atoms with E-state index in [-0.39, 0.29) is 11.8 Å². The summed E-state index contributed by atoms with van der Waals surface area (Å²) in [6.45, 7) is 1.65. The zero-order valence-electron chi connectivity index (χ0n) is 13.4. The minimum Gasteiger partial charge on any atom is -0.345 e. The summed E-state index contributed by atoms with van der Waals surface area (Å²) < 4.78 is 0. The van der Waals surface area contributed by atoms with Crippen LogP contribution in [0.2, 0.25) is 0 Å². The van der Waals surface area contributed by atoms with E-state index in [1.54, 1.807) is 6.92 Å². The Kier molecular flexibility index (Phi) is 6.60. The van der Waals surface area contributed by atoms with E-state index >= 15 is 0 Å². The Labute approximate surface area is 141 Å². The number of carbonyl (C=O) groups excluding carboxylic acids is 2. The summed E-state index contributed by atoms with van der Waals surface area (Å²) in [5.74, 6) is 0.0278. The number of carbonyl (C=O) groups is 2. The van der Waals surface area contributed by atoms with Gasteiger partial charge in [-0.2, -0.15) is 16.6 Å². The predicted octanol–water partition coefficient (Wildman–Crippen LogP) is 2.90. The van der Waals surface area contributed by atoms with Crippen molar-refractivity contribution in [1.29, 1.82) is 5.26 Å². The lowest BCUT2D eigenvalue weighted by Crippen LogP contribution is -2.46. The van der Waals surface area contributed by atoms with Gasteiger partial charge in [0.25, 0.3) is 0 Å². The number of amides is 2. The average molecular weight is 333 g/mol. The fourth-order valence-corrected chi connectivity index (χ4v) is 3.60. The van der Waals surface area contributed by atoms with E-state index in [1.807, 2.05) is 16.8 Å². The monoisotopic (exact) mass is 333 g/mol. The largest absolute Gasteiger partial charge is 0.345 e. The highest BCUT2D eigenvalue weighted by molar-refractivity contribution is 7.08. The van der Waals surface area contributed by atoms with Crippen molar-refractivity contribution < 1.29 is 9.59 Å². The third-order valence-electron chi connectivity index (χ3n) is 4.26. The van der Waals surface area contributed by atoms with Gasteiger partial charge in [0.2, 0.25) is 11.8 Å². The molecular formula is C17H23N3O2S. The summed E-state index contributed by atoms with van der Waals surface area (Å²) in [5, 5.41) is 18.3. The number of rotatable bonds is 6. The van der Waals surface area contributed by atoms with Gasteiger partial charge in [0.1, 0.15) is 12.1 Å². The number of thiophene rings is 1. The molecule has 6 heteroatoms. The summed E-state index contributed by atoms with van der Waals surface area (Å²) in [5.41, 5.74) is 0.770. The van der Waals surface area contributed by atoms with Crippen molar-refractivity contribution in [1.82, 2.24) is 10.6 Å². The highest BCUT2D eigenvalue weighted by Gasteiger charge is 2.22. The number of nitrogens with one attached hydrogen (secondary N) is 2. The molecule has 1 saturated carbocycles. The molecule has 1 aromatic heterocycles. The van der Waals surface area contributed by atoms with Crippen molar-refractivity contribution in [3.8, 4) is 6.07 Å². The molecule has 1 fully saturated rings. The minimum absolute atomic E-state index is 0.0800. The van der Waals surface area contributed by atoms with Gasteiger partial charge in [-0.3, -0.25) is 9.59 Å². The second kappa shape index (κ2) is 8.68. The van der Waals surface area contributed by atoms with Crippen molar-refractivity contribution in [2.24, 2.45) is 5.92 Å². The highest BCUT2D eigenvalue weighted by atomic mass is 32.1. The van der Waals surface area contributed by atoms with Crippen LogP contribution in [0.5, 0.6) is 0 Å². The van der Waals surface area contributed by atoms with Gasteiger partial charge in [-0.25, -0.2) is 0 Å². The first-order chi connectivity index (χ1) is 11.1. The lowest BCUT2D eigenvalue weighted by molar-refractivity contribution is -0.129. The molecule has 2 amide bonds. The van der Waals surface area contributed by atoms with Crippen molar-refractivity contribution in [3.63, 3.8) is 0 Å². The smallest absolute Gasteiger partial charge is 0.243 e. The molecule has 1 aliphatic rings. The SMILES string of the molecule is CC(NC(=O)CC1CCCCC1)C(=O)NC(C#N)c1ccsc1. The van der Waals surface area contributed by atoms with Gasteiger partial charge in [0.05, 0.1) is 6.07 Å². The van der Waals surface area contributed by atoms with Crippen LogP contribution in [0.4, 0.5) is 0 Å². The minimum atomic E-state index is -0.675.